The molecule has 0 atom stereocenters. The van der Waals surface area contributed by atoms with Gasteiger partial charge in [-0.3, -0.25) is 9.78 Å². The average Bonchev–Trinajstić information content (AvgIpc) is 2.78. The molecule has 0 bridgehead atoms. The highest BCUT2D eigenvalue weighted by Crippen LogP contribution is 2.17. The van der Waals surface area contributed by atoms with Crippen LogP contribution < -0.4 is 15.0 Å². The van der Waals surface area contributed by atoms with Crippen molar-refractivity contribution in [2.75, 3.05) is 32.1 Å². The monoisotopic (exact) mass is 390 g/mol. The molecule has 0 aliphatic rings. The number of aromatic nitrogens is 2. The zero-order chi connectivity index (χ0) is 20.5. The fourth-order valence-electron chi connectivity index (χ4n) is 3.03. The standard InChI is InChI=1S/C23H26N4O2/c1-27(16-12-18-9-13-24-14-10-18)20-7-8-21(26-17-20)23(28)25-15-11-19-5-3-4-6-22(19)29-2/h3-10,13-14,17H,11-12,15-16H2,1-2H3,(H,25,28). The largest absolute Gasteiger partial charge is 0.496 e. The van der Waals surface area contributed by atoms with Gasteiger partial charge in [0.1, 0.15) is 11.4 Å². The van der Waals surface area contributed by atoms with Crippen molar-refractivity contribution in [3.63, 3.8) is 0 Å². The van der Waals surface area contributed by atoms with Gasteiger partial charge < -0.3 is 15.0 Å². The van der Waals surface area contributed by atoms with Crippen LogP contribution in [0.15, 0.2) is 67.1 Å². The topological polar surface area (TPSA) is 67.3 Å². The molecule has 2 aromatic heterocycles. The molecule has 150 valence electrons. The lowest BCUT2D eigenvalue weighted by molar-refractivity contribution is 0.0949. The van der Waals surface area contributed by atoms with Crippen molar-refractivity contribution >= 4 is 11.6 Å². The minimum atomic E-state index is -0.175. The predicted octanol–water partition coefficient (Wildman–Crippen LogP) is 3.14. The Morgan fingerprint density at radius 2 is 1.86 bits per heavy atom. The number of hydrogen-bond acceptors (Lipinski definition) is 5. The Morgan fingerprint density at radius 3 is 2.59 bits per heavy atom. The first-order chi connectivity index (χ1) is 14.2. The van der Waals surface area contributed by atoms with E-state index in [1.54, 1.807) is 31.8 Å². The Bertz CT molecular complexity index is 914. The van der Waals surface area contributed by atoms with E-state index >= 15 is 0 Å². The highest BCUT2D eigenvalue weighted by atomic mass is 16.5. The van der Waals surface area contributed by atoms with Gasteiger partial charge in [-0.2, -0.15) is 0 Å². The van der Waals surface area contributed by atoms with Crippen LogP contribution in [0.1, 0.15) is 21.6 Å². The number of amides is 1. The molecule has 0 saturated carbocycles. The summed E-state index contributed by atoms with van der Waals surface area (Å²) in [5.41, 5.74) is 3.70. The number of benzene rings is 1. The summed E-state index contributed by atoms with van der Waals surface area (Å²) in [7, 11) is 3.67. The summed E-state index contributed by atoms with van der Waals surface area (Å²) in [4.78, 5) is 22.8. The number of rotatable bonds is 9. The second kappa shape index (κ2) is 10.2. The number of nitrogens with one attached hydrogen (secondary N) is 1. The number of carbonyl (C=O) groups excluding carboxylic acids is 1. The van der Waals surface area contributed by atoms with Gasteiger partial charge in [0.25, 0.3) is 5.91 Å². The summed E-state index contributed by atoms with van der Waals surface area (Å²) < 4.78 is 5.34. The van der Waals surface area contributed by atoms with E-state index in [-0.39, 0.29) is 5.91 Å². The quantitative estimate of drug-likeness (QED) is 0.608. The second-order valence-electron chi connectivity index (χ2n) is 6.75. The molecule has 6 nitrogen and oxygen atoms in total. The van der Waals surface area contributed by atoms with Crippen molar-refractivity contribution in [3.05, 3.63) is 83.9 Å². The fraction of sp³-hybridized carbons (Fsp3) is 0.261. The maximum atomic E-state index is 12.4. The predicted molar refractivity (Wildman–Crippen MR) is 114 cm³/mol. The highest BCUT2D eigenvalue weighted by molar-refractivity contribution is 5.92. The van der Waals surface area contributed by atoms with Crippen LogP contribution in [0.5, 0.6) is 5.75 Å². The number of hydrogen-bond donors (Lipinski definition) is 1. The third kappa shape index (κ3) is 5.78. The molecule has 29 heavy (non-hydrogen) atoms. The zero-order valence-corrected chi connectivity index (χ0v) is 16.8. The van der Waals surface area contributed by atoms with Crippen molar-refractivity contribution < 1.29 is 9.53 Å². The Morgan fingerprint density at radius 1 is 1.07 bits per heavy atom. The molecule has 1 amide bonds. The van der Waals surface area contributed by atoms with Gasteiger partial charge in [0.2, 0.25) is 0 Å². The van der Waals surface area contributed by atoms with Crippen molar-refractivity contribution in [3.8, 4) is 5.75 Å². The van der Waals surface area contributed by atoms with Crippen molar-refractivity contribution in [1.29, 1.82) is 0 Å². The molecule has 0 radical (unpaired) electrons. The lowest BCUT2D eigenvalue weighted by Crippen LogP contribution is -2.27. The molecule has 3 aromatic rings. The number of nitrogens with zero attached hydrogens (tertiary/aromatic N) is 3. The first-order valence-electron chi connectivity index (χ1n) is 9.63. The van der Waals surface area contributed by atoms with Crippen molar-refractivity contribution in [1.82, 2.24) is 15.3 Å². The molecule has 0 aliphatic carbocycles. The van der Waals surface area contributed by atoms with E-state index < -0.39 is 0 Å². The maximum absolute atomic E-state index is 12.4. The maximum Gasteiger partial charge on any atom is 0.269 e. The van der Waals surface area contributed by atoms with Gasteiger partial charge in [-0.25, -0.2) is 4.98 Å². The Balaban J connectivity index is 1.49. The third-order valence-electron chi connectivity index (χ3n) is 4.78. The smallest absolute Gasteiger partial charge is 0.269 e. The molecule has 0 unspecified atom stereocenters. The average molecular weight is 390 g/mol. The molecule has 0 spiro atoms. The summed E-state index contributed by atoms with van der Waals surface area (Å²) in [5, 5.41) is 2.92. The molecule has 6 heteroatoms. The lowest BCUT2D eigenvalue weighted by atomic mass is 10.1. The van der Waals surface area contributed by atoms with E-state index in [0.29, 0.717) is 18.7 Å². The molecule has 0 saturated heterocycles. The van der Waals surface area contributed by atoms with Gasteiger partial charge in [-0.15, -0.1) is 0 Å². The van der Waals surface area contributed by atoms with Crippen molar-refractivity contribution in [2.45, 2.75) is 12.8 Å². The molecule has 1 aromatic carbocycles. The minimum absolute atomic E-state index is 0.175. The van der Waals surface area contributed by atoms with Crippen molar-refractivity contribution in [2.24, 2.45) is 0 Å². The molecule has 2 heterocycles. The molecule has 3 rings (SSSR count). The van der Waals surface area contributed by atoms with Crippen LogP contribution >= 0.6 is 0 Å². The fourth-order valence-corrected chi connectivity index (χ4v) is 3.03. The Kier molecular flexibility index (Phi) is 7.16. The van der Waals surface area contributed by atoms with Crippen LogP contribution in [0.4, 0.5) is 5.69 Å². The van der Waals surface area contributed by atoms with Crippen LogP contribution in [-0.2, 0) is 12.8 Å². The SMILES string of the molecule is COc1ccccc1CCNC(=O)c1ccc(N(C)CCc2ccncc2)cn1. The highest BCUT2D eigenvalue weighted by Gasteiger charge is 2.09. The van der Waals surface area contributed by atoms with E-state index in [2.05, 4.69) is 20.2 Å². The van der Waals surface area contributed by atoms with Crippen LogP contribution in [-0.4, -0.2) is 43.1 Å². The van der Waals surface area contributed by atoms with E-state index in [0.717, 1.165) is 30.0 Å². The third-order valence-corrected chi connectivity index (χ3v) is 4.78. The first-order valence-corrected chi connectivity index (χ1v) is 9.63. The lowest BCUT2D eigenvalue weighted by Gasteiger charge is -2.19. The number of para-hydroxylation sites is 1. The normalized spacial score (nSPS) is 10.4. The van der Waals surface area contributed by atoms with Gasteiger partial charge in [0.05, 0.1) is 19.0 Å². The number of carbonyl (C=O) groups is 1. The summed E-state index contributed by atoms with van der Waals surface area (Å²) in [5.74, 6) is 0.657. The van der Waals surface area contributed by atoms with Gasteiger partial charge in [0.15, 0.2) is 0 Å². The van der Waals surface area contributed by atoms with E-state index in [9.17, 15) is 4.79 Å². The molecule has 0 fully saturated rings. The number of likely N-dealkylation sites (N-methyl/N-ethyl adjacent to an activating group) is 1. The number of anilines is 1. The van der Waals surface area contributed by atoms with Gasteiger partial charge in [-0.05, 0) is 54.3 Å². The van der Waals surface area contributed by atoms with Gasteiger partial charge in [-0.1, -0.05) is 18.2 Å². The van der Waals surface area contributed by atoms with E-state index in [1.807, 2.05) is 49.5 Å². The van der Waals surface area contributed by atoms with Crippen LogP contribution in [0.2, 0.25) is 0 Å². The van der Waals surface area contributed by atoms with Crippen LogP contribution in [0, 0.1) is 0 Å². The Labute approximate surface area is 171 Å². The van der Waals surface area contributed by atoms with Gasteiger partial charge >= 0.3 is 0 Å². The summed E-state index contributed by atoms with van der Waals surface area (Å²) in [6.07, 6.45) is 6.97. The minimum Gasteiger partial charge on any atom is -0.496 e. The molecule has 0 aliphatic heterocycles. The second-order valence-corrected chi connectivity index (χ2v) is 6.75. The zero-order valence-electron chi connectivity index (χ0n) is 16.8. The summed E-state index contributed by atoms with van der Waals surface area (Å²) >= 11 is 0. The Hall–Kier alpha value is -3.41. The summed E-state index contributed by atoms with van der Waals surface area (Å²) in [6, 6.07) is 15.5. The number of pyridine rings is 2. The molecular formula is C23H26N4O2. The molecule has 1 N–H and O–H groups in total. The van der Waals surface area contributed by atoms with Crippen LogP contribution in [0.3, 0.4) is 0 Å². The molecular weight excluding hydrogens is 364 g/mol. The van der Waals surface area contributed by atoms with E-state index in [1.165, 1.54) is 5.56 Å². The van der Waals surface area contributed by atoms with E-state index in [4.69, 9.17) is 4.74 Å². The summed E-state index contributed by atoms with van der Waals surface area (Å²) in [6.45, 7) is 1.38. The first kappa shape index (κ1) is 20.3. The van der Waals surface area contributed by atoms with Crippen LogP contribution in [0.25, 0.3) is 0 Å². The van der Waals surface area contributed by atoms with Gasteiger partial charge in [0, 0.05) is 32.5 Å². The number of methoxy groups -OCH3 is 1. The number of ether oxygens (including phenoxy) is 1.